The summed E-state index contributed by atoms with van der Waals surface area (Å²) in [5.74, 6) is -2.93. The Bertz CT molecular complexity index is 1500. The molecule has 0 spiro atoms. The zero-order valence-corrected chi connectivity index (χ0v) is 22.8. The number of ketones is 1. The van der Waals surface area contributed by atoms with Crippen LogP contribution in [-0.2, 0) is 23.9 Å². The molecule has 1 fully saturated rings. The van der Waals surface area contributed by atoms with Crippen molar-refractivity contribution in [2.45, 2.75) is 56.9 Å². The number of aromatic nitrogens is 4. The summed E-state index contributed by atoms with van der Waals surface area (Å²) in [7, 11) is 0. The molecule has 0 saturated carbocycles. The lowest BCUT2D eigenvalue weighted by atomic mass is 10.1. The van der Waals surface area contributed by atoms with Gasteiger partial charge in [-0.1, -0.05) is 25.1 Å². The quantitative estimate of drug-likeness (QED) is 0.205. The Labute approximate surface area is 241 Å². The van der Waals surface area contributed by atoms with Crippen LogP contribution >= 0.6 is 0 Å². The number of nitrogens with zero attached hydrogens (tertiary/aromatic N) is 3. The van der Waals surface area contributed by atoms with Gasteiger partial charge in [-0.2, -0.15) is 18.2 Å². The van der Waals surface area contributed by atoms with Crippen LogP contribution in [0, 0.1) is 0 Å². The number of fused-ring (bicyclic) bond motifs is 1. The largest absolute Gasteiger partial charge is 0.484 e. The molecule has 0 aliphatic carbocycles. The van der Waals surface area contributed by atoms with Gasteiger partial charge in [-0.05, 0) is 25.0 Å². The summed E-state index contributed by atoms with van der Waals surface area (Å²) in [4.78, 5) is 59.0. The number of nitrogens with one attached hydrogen (secondary N) is 3. The third-order valence-corrected chi connectivity index (χ3v) is 6.42. The van der Waals surface area contributed by atoms with E-state index >= 15 is 0 Å². The number of para-hydroxylation sites is 1. The Balaban J connectivity index is 1.42. The zero-order valence-electron chi connectivity index (χ0n) is 22.8. The van der Waals surface area contributed by atoms with Crippen molar-refractivity contribution in [1.82, 2.24) is 24.8 Å². The van der Waals surface area contributed by atoms with Gasteiger partial charge in [0.1, 0.15) is 24.6 Å². The normalized spacial score (nSPS) is 20.2. The fourth-order valence-corrected chi connectivity index (χ4v) is 4.31. The maximum atomic E-state index is 12.7. The minimum Gasteiger partial charge on any atom is -0.484 e. The second-order valence-corrected chi connectivity index (χ2v) is 9.50. The van der Waals surface area contributed by atoms with Crippen LogP contribution in [0.4, 0.5) is 19.1 Å². The molecule has 14 nitrogen and oxygen atoms in total. The molecule has 4 N–H and O–H groups in total. The number of ether oxygens (including phenoxy) is 3. The van der Waals surface area contributed by atoms with E-state index in [1.54, 1.807) is 37.3 Å². The smallest absolute Gasteiger partial charge is 0.449 e. The molecule has 1 saturated heterocycles. The first-order valence-electron chi connectivity index (χ1n) is 13.2. The summed E-state index contributed by atoms with van der Waals surface area (Å²) < 4.78 is 55.3. The molecule has 3 aromatic rings. The molecule has 0 bridgehead atoms. The predicted molar refractivity (Wildman–Crippen MR) is 142 cm³/mol. The number of aromatic amines is 1. The van der Waals surface area contributed by atoms with Crippen LogP contribution in [-0.4, -0.2) is 86.5 Å². The minimum atomic E-state index is -4.93. The first-order chi connectivity index (χ1) is 20.5. The van der Waals surface area contributed by atoms with E-state index in [2.05, 4.69) is 25.6 Å². The number of hydrogen-bond donors (Lipinski definition) is 4. The van der Waals surface area contributed by atoms with Gasteiger partial charge in [0.2, 0.25) is 17.6 Å². The second-order valence-electron chi connectivity index (χ2n) is 9.50. The molecule has 4 atom stereocenters. The summed E-state index contributed by atoms with van der Waals surface area (Å²) >= 11 is 0. The molecule has 2 aromatic heterocycles. The molecule has 0 radical (unpaired) electrons. The number of rotatable bonds is 13. The Kier molecular flexibility index (Phi) is 10.1. The number of alkyl halides is 3. The summed E-state index contributed by atoms with van der Waals surface area (Å²) in [5, 5.41) is 15.6. The van der Waals surface area contributed by atoms with E-state index in [9.17, 15) is 37.5 Å². The van der Waals surface area contributed by atoms with Crippen molar-refractivity contribution in [3.63, 3.8) is 0 Å². The first-order valence-corrected chi connectivity index (χ1v) is 13.2. The Morgan fingerprint density at radius 2 is 1.91 bits per heavy atom. The molecular formula is C26H29F3N6O8. The maximum Gasteiger partial charge on any atom is 0.449 e. The highest BCUT2D eigenvalue weighted by molar-refractivity contribution is 5.90. The van der Waals surface area contributed by atoms with E-state index in [-0.39, 0.29) is 36.7 Å². The number of halogens is 3. The highest BCUT2D eigenvalue weighted by atomic mass is 19.4. The van der Waals surface area contributed by atoms with Gasteiger partial charge in [0.25, 0.3) is 11.5 Å². The molecule has 1 unspecified atom stereocenters. The molecule has 1 aliphatic heterocycles. The van der Waals surface area contributed by atoms with Gasteiger partial charge in [-0.3, -0.25) is 34.0 Å². The van der Waals surface area contributed by atoms with Crippen molar-refractivity contribution in [3.05, 3.63) is 47.0 Å². The van der Waals surface area contributed by atoms with E-state index in [1.165, 1.54) is 10.9 Å². The molecule has 2 amide bonds. The third-order valence-electron chi connectivity index (χ3n) is 6.42. The molecular weight excluding hydrogens is 581 g/mol. The number of Topliss-reactive ketones (excluding diaryl/α,β-unsaturated/α-hetero) is 1. The summed E-state index contributed by atoms with van der Waals surface area (Å²) in [6.45, 7) is 0.604. The number of imidazole rings is 1. The number of hydrogen-bond acceptors (Lipinski definition) is 10. The van der Waals surface area contributed by atoms with Crippen molar-refractivity contribution in [2.75, 3.05) is 25.1 Å². The number of benzene rings is 1. The van der Waals surface area contributed by atoms with Crippen LogP contribution < -0.4 is 20.9 Å². The Morgan fingerprint density at radius 1 is 1.16 bits per heavy atom. The number of aliphatic hydroxyl groups is 1. The van der Waals surface area contributed by atoms with Crippen molar-refractivity contribution in [1.29, 1.82) is 0 Å². The van der Waals surface area contributed by atoms with E-state index in [4.69, 9.17) is 14.2 Å². The minimum absolute atomic E-state index is 0.00985. The second kappa shape index (κ2) is 13.7. The lowest BCUT2D eigenvalue weighted by Crippen LogP contribution is -2.38. The van der Waals surface area contributed by atoms with Gasteiger partial charge in [-0.15, -0.1) is 0 Å². The molecule has 1 aromatic carbocycles. The highest BCUT2D eigenvalue weighted by Gasteiger charge is 2.45. The summed E-state index contributed by atoms with van der Waals surface area (Å²) in [6, 6.07) is 8.60. The van der Waals surface area contributed by atoms with Gasteiger partial charge in [-0.25, -0.2) is 4.98 Å². The van der Waals surface area contributed by atoms with Gasteiger partial charge in [0.15, 0.2) is 24.0 Å². The number of aliphatic hydroxyl groups excluding tert-OH is 1. The van der Waals surface area contributed by atoms with Crippen LogP contribution in [0.3, 0.4) is 0 Å². The number of carbonyl (C=O) groups is 3. The topological polar surface area (TPSA) is 187 Å². The number of carbonyl (C=O) groups excluding carboxylic acids is 3. The van der Waals surface area contributed by atoms with E-state index in [0.717, 1.165) is 0 Å². The zero-order chi connectivity index (χ0) is 31.1. The lowest BCUT2D eigenvalue weighted by Gasteiger charge is -2.22. The van der Waals surface area contributed by atoms with Crippen LogP contribution in [0.1, 0.15) is 32.4 Å². The molecule has 232 valence electrons. The fraction of sp³-hybridized carbons (Fsp3) is 0.462. The van der Waals surface area contributed by atoms with Crippen molar-refractivity contribution < 1.29 is 46.9 Å². The van der Waals surface area contributed by atoms with Crippen LogP contribution in [0.2, 0.25) is 0 Å². The first kappa shape index (κ1) is 31.6. The number of amides is 2. The lowest BCUT2D eigenvalue weighted by molar-refractivity contribution is -0.171. The maximum absolute atomic E-state index is 12.7. The van der Waals surface area contributed by atoms with Crippen LogP contribution in [0.5, 0.6) is 5.75 Å². The summed E-state index contributed by atoms with van der Waals surface area (Å²) in [6.07, 6.45) is -8.50. The number of anilines is 1. The van der Waals surface area contributed by atoms with Crippen molar-refractivity contribution in [2.24, 2.45) is 0 Å². The van der Waals surface area contributed by atoms with Crippen molar-refractivity contribution in [3.8, 4) is 5.75 Å². The molecule has 3 heterocycles. The number of H-pyrrole nitrogens is 1. The van der Waals surface area contributed by atoms with Gasteiger partial charge in [0, 0.05) is 13.0 Å². The molecule has 17 heteroatoms. The molecule has 4 rings (SSSR count). The SMILES string of the molecule is CC[C@H]1O[C@@H](n2cnc3c(=O)[nH]c(NC(=O)COc4ccccc4)nc32)[C@@H](OCC(=O)NCCCC(=O)C(F)(F)F)C1O. The molecule has 43 heavy (non-hydrogen) atoms. The van der Waals surface area contributed by atoms with Gasteiger partial charge >= 0.3 is 6.18 Å². The molecule has 1 aliphatic rings. The Hall–Kier alpha value is -4.35. The standard InChI is InChI=1S/C26H29F3N6O8/c1-2-15-20(39)21(42-11-17(37)30-10-6-9-16(36)26(27,28)29)24(43-15)35-13-31-19-22(35)33-25(34-23(19)40)32-18(38)12-41-14-7-4-3-5-8-14/h3-5,7-8,13,15,20-21,24,39H,2,6,9-12H2,1H3,(H,30,37)(H2,32,33,34,38,40)/t15-,20?,21+,24-/m1/s1. The van der Waals surface area contributed by atoms with Gasteiger partial charge < -0.3 is 24.6 Å². The Morgan fingerprint density at radius 3 is 2.60 bits per heavy atom. The van der Waals surface area contributed by atoms with E-state index in [0.29, 0.717) is 12.2 Å². The van der Waals surface area contributed by atoms with Crippen molar-refractivity contribution >= 4 is 34.7 Å². The highest BCUT2D eigenvalue weighted by Crippen LogP contribution is 2.34. The average molecular weight is 611 g/mol. The average Bonchev–Trinajstić information content (AvgIpc) is 3.53. The predicted octanol–water partition coefficient (Wildman–Crippen LogP) is 1.22. The monoisotopic (exact) mass is 610 g/mol. The van der Waals surface area contributed by atoms with Crippen LogP contribution in [0.25, 0.3) is 11.2 Å². The van der Waals surface area contributed by atoms with Crippen LogP contribution in [0.15, 0.2) is 41.5 Å². The fourth-order valence-electron chi connectivity index (χ4n) is 4.31. The third kappa shape index (κ3) is 7.94. The van der Waals surface area contributed by atoms with Gasteiger partial charge in [0.05, 0.1) is 12.4 Å². The van der Waals surface area contributed by atoms with E-state index in [1.807, 2.05) is 0 Å². The van der Waals surface area contributed by atoms with E-state index < -0.39 is 66.9 Å². The summed E-state index contributed by atoms with van der Waals surface area (Å²) in [5.41, 5.74) is -0.778.